The normalized spacial score (nSPS) is 13.0. The molecule has 0 aliphatic carbocycles. The molecule has 0 spiro atoms. The average Bonchev–Trinajstić information content (AvgIpc) is 2.81. The molecule has 0 fully saturated rings. The standard InChI is InChI=1S/C25H21F3N4O3/c1-31-13-17-6-5-16(24(34)30-11-19-20(27)9-18(26)10-21(19)28)8-22(17)32(25(31)35)12-14-3-2-4-15(7-14)23(29)33/h2-10H,11-13H2,1H3,(H2,29,33)(H,30,34). The molecule has 1 aliphatic rings. The van der Waals surface area contributed by atoms with Crippen molar-refractivity contribution in [3.8, 4) is 0 Å². The second kappa shape index (κ2) is 9.49. The van der Waals surface area contributed by atoms with Crippen LogP contribution in [0.4, 0.5) is 23.7 Å². The van der Waals surface area contributed by atoms with Crippen LogP contribution in [0.2, 0.25) is 0 Å². The number of carbonyl (C=O) groups is 3. The van der Waals surface area contributed by atoms with E-state index in [1.54, 1.807) is 43.4 Å². The number of nitrogens with one attached hydrogen (secondary N) is 1. The van der Waals surface area contributed by atoms with Crippen LogP contribution in [-0.4, -0.2) is 29.8 Å². The first kappa shape index (κ1) is 23.8. The molecular formula is C25H21F3N4O3. The second-order valence-electron chi connectivity index (χ2n) is 8.16. The molecule has 0 saturated heterocycles. The van der Waals surface area contributed by atoms with Crippen molar-refractivity contribution >= 4 is 23.5 Å². The number of urea groups is 1. The van der Waals surface area contributed by atoms with Crippen LogP contribution in [0.25, 0.3) is 0 Å². The highest BCUT2D eigenvalue weighted by molar-refractivity contribution is 5.99. The van der Waals surface area contributed by atoms with Gasteiger partial charge in [-0.1, -0.05) is 18.2 Å². The van der Waals surface area contributed by atoms with E-state index in [4.69, 9.17) is 5.73 Å². The molecule has 10 heteroatoms. The van der Waals surface area contributed by atoms with Crippen LogP contribution >= 0.6 is 0 Å². The van der Waals surface area contributed by atoms with Gasteiger partial charge in [0.25, 0.3) is 5.91 Å². The Labute approximate surface area is 198 Å². The van der Waals surface area contributed by atoms with Crippen molar-refractivity contribution in [1.29, 1.82) is 0 Å². The van der Waals surface area contributed by atoms with E-state index < -0.39 is 41.4 Å². The molecule has 3 N–H and O–H groups in total. The van der Waals surface area contributed by atoms with Crippen molar-refractivity contribution in [1.82, 2.24) is 10.2 Å². The molecule has 0 saturated carbocycles. The Kier molecular flexibility index (Phi) is 6.46. The molecule has 4 amide bonds. The number of amides is 4. The van der Waals surface area contributed by atoms with Crippen LogP contribution in [0.1, 0.15) is 37.4 Å². The SMILES string of the molecule is CN1Cc2ccc(C(=O)NCc3c(F)cc(F)cc3F)cc2N(Cc2cccc(C(N)=O)c2)C1=O. The van der Waals surface area contributed by atoms with Crippen molar-refractivity contribution in [2.75, 3.05) is 11.9 Å². The summed E-state index contributed by atoms with van der Waals surface area (Å²) < 4.78 is 40.9. The molecule has 180 valence electrons. The maximum Gasteiger partial charge on any atom is 0.324 e. The molecule has 0 bridgehead atoms. The molecular weight excluding hydrogens is 461 g/mol. The lowest BCUT2D eigenvalue weighted by molar-refractivity contribution is 0.0948. The number of primary amides is 1. The maximum atomic E-state index is 13.9. The van der Waals surface area contributed by atoms with Gasteiger partial charge >= 0.3 is 6.03 Å². The summed E-state index contributed by atoms with van der Waals surface area (Å²) in [7, 11) is 1.64. The first-order valence-electron chi connectivity index (χ1n) is 10.6. The van der Waals surface area contributed by atoms with Gasteiger partial charge in [0, 0.05) is 49.0 Å². The zero-order chi connectivity index (χ0) is 25.3. The van der Waals surface area contributed by atoms with Gasteiger partial charge in [-0.15, -0.1) is 0 Å². The van der Waals surface area contributed by atoms with E-state index >= 15 is 0 Å². The highest BCUT2D eigenvalue weighted by Crippen LogP contribution is 2.31. The zero-order valence-electron chi connectivity index (χ0n) is 18.6. The maximum absolute atomic E-state index is 13.9. The molecule has 3 aromatic carbocycles. The van der Waals surface area contributed by atoms with E-state index in [0.717, 1.165) is 5.56 Å². The quantitative estimate of drug-likeness (QED) is 0.561. The fourth-order valence-electron chi connectivity index (χ4n) is 3.89. The molecule has 0 radical (unpaired) electrons. The predicted molar refractivity (Wildman–Crippen MR) is 122 cm³/mol. The summed E-state index contributed by atoms with van der Waals surface area (Å²) in [5, 5.41) is 2.42. The Morgan fingerprint density at radius 3 is 2.40 bits per heavy atom. The van der Waals surface area contributed by atoms with E-state index in [-0.39, 0.29) is 18.1 Å². The number of benzene rings is 3. The molecule has 7 nitrogen and oxygen atoms in total. The molecule has 0 aromatic heterocycles. The lowest BCUT2D eigenvalue weighted by Gasteiger charge is -2.35. The minimum atomic E-state index is -1.11. The number of nitrogens with two attached hydrogens (primary N) is 1. The zero-order valence-corrected chi connectivity index (χ0v) is 18.6. The third kappa shape index (κ3) is 4.96. The van der Waals surface area contributed by atoms with Crippen molar-refractivity contribution in [3.63, 3.8) is 0 Å². The molecule has 3 aromatic rings. The number of halogens is 3. The van der Waals surface area contributed by atoms with Crippen LogP contribution < -0.4 is 16.0 Å². The Bertz CT molecular complexity index is 1320. The third-order valence-corrected chi connectivity index (χ3v) is 5.69. The fraction of sp³-hybridized carbons (Fsp3) is 0.160. The fourth-order valence-corrected chi connectivity index (χ4v) is 3.89. The Hall–Kier alpha value is -4.34. The molecule has 0 atom stereocenters. The van der Waals surface area contributed by atoms with E-state index in [1.165, 1.54) is 15.9 Å². The topological polar surface area (TPSA) is 95.7 Å². The first-order valence-corrected chi connectivity index (χ1v) is 10.6. The number of anilines is 1. The minimum Gasteiger partial charge on any atom is -0.366 e. The lowest BCUT2D eigenvalue weighted by Crippen LogP contribution is -2.45. The van der Waals surface area contributed by atoms with Gasteiger partial charge < -0.3 is 16.0 Å². The van der Waals surface area contributed by atoms with Gasteiger partial charge in [-0.25, -0.2) is 18.0 Å². The van der Waals surface area contributed by atoms with E-state index in [0.29, 0.717) is 35.5 Å². The van der Waals surface area contributed by atoms with Gasteiger partial charge in [0.05, 0.1) is 12.2 Å². The minimum absolute atomic E-state index is 0.119. The average molecular weight is 482 g/mol. The Balaban J connectivity index is 1.59. The number of fused-ring (bicyclic) bond motifs is 1. The van der Waals surface area contributed by atoms with Gasteiger partial charge in [-0.2, -0.15) is 0 Å². The van der Waals surface area contributed by atoms with Crippen LogP contribution in [0.15, 0.2) is 54.6 Å². The number of nitrogens with zero attached hydrogens (tertiary/aromatic N) is 2. The predicted octanol–water partition coefficient (Wildman–Crippen LogP) is 3.70. The van der Waals surface area contributed by atoms with Crippen LogP contribution in [0, 0.1) is 17.5 Å². The third-order valence-electron chi connectivity index (χ3n) is 5.69. The molecule has 0 unspecified atom stereocenters. The molecule has 35 heavy (non-hydrogen) atoms. The molecule has 1 aliphatic heterocycles. The largest absolute Gasteiger partial charge is 0.366 e. The summed E-state index contributed by atoms with van der Waals surface area (Å²) in [5.74, 6) is -4.49. The van der Waals surface area contributed by atoms with Crippen LogP contribution in [-0.2, 0) is 19.6 Å². The van der Waals surface area contributed by atoms with Crippen LogP contribution in [0.3, 0.4) is 0 Å². The van der Waals surface area contributed by atoms with Crippen LogP contribution in [0.5, 0.6) is 0 Å². The van der Waals surface area contributed by atoms with E-state index in [9.17, 15) is 27.6 Å². The summed E-state index contributed by atoms with van der Waals surface area (Å²) >= 11 is 0. The van der Waals surface area contributed by atoms with Crippen molar-refractivity contribution in [3.05, 3.63) is 99.9 Å². The Morgan fingerprint density at radius 2 is 1.71 bits per heavy atom. The molecule has 1 heterocycles. The van der Waals surface area contributed by atoms with E-state index in [2.05, 4.69) is 5.32 Å². The Morgan fingerprint density at radius 1 is 1.00 bits per heavy atom. The van der Waals surface area contributed by atoms with Crippen molar-refractivity contribution < 1.29 is 27.6 Å². The number of rotatable bonds is 6. The number of carbonyl (C=O) groups excluding carboxylic acids is 3. The highest BCUT2D eigenvalue weighted by atomic mass is 19.1. The van der Waals surface area contributed by atoms with Gasteiger partial charge in [0.15, 0.2) is 0 Å². The van der Waals surface area contributed by atoms with Crippen molar-refractivity contribution in [2.24, 2.45) is 5.73 Å². The second-order valence-corrected chi connectivity index (χ2v) is 8.16. The van der Waals surface area contributed by atoms with Gasteiger partial charge in [-0.05, 0) is 35.4 Å². The monoisotopic (exact) mass is 482 g/mol. The summed E-state index contributed by atoms with van der Waals surface area (Å²) in [6, 6.07) is 12.1. The summed E-state index contributed by atoms with van der Waals surface area (Å²) in [6.07, 6.45) is 0. The smallest absolute Gasteiger partial charge is 0.324 e. The first-order chi connectivity index (χ1) is 16.6. The summed E-state index contributed by atoms with van der Waals surface area (Å²) in [6.45, 7) is -0.0482. The summed E-state index contributed by atoms with van der Waals surface area (Å²) in [5.41, 5.74) is 7.29. The van der Waals surface area contributed by atoms with Crippen molar-refractivity contribution in [2.45, 2.75) is 19.6 Å². The number of hydrogen-bond acceptors (Lipinski definition) is 3. The van der Waals surface area contributed by atoms with Gasteiger partial charge in [-0.3, -0.25) is 14.5 Å². The number of hydrogen-bond donors (Lipinski definition) is 2. The van der Waals surface area contributed by atoms with E-state index in [1.807, 2.05) is 0 Å². The highest BCUT2D eigenvalue weighted by Gasteiger charge is 2.29. The van der Waals surface area contributed by atoms with Gasteiger partial charge in [0.1, 0.15) is 17.5 Å². The molecule has 4 rings (SSSR count). The summed E-state index contributed by atoms with van der Waals surface area (Å²) in [4.78, 5) is 40.2. The van der Waals surface area contributed by atoms with Gasteiger partial charge in [0.2, 0.25) is 5.91 Å². The lowest BCUT2D eigenvalue weighted by atomic mass is 10.0.